The van der Waals surface area contributed by atoms with Crippen molar-refractivity contribution in [2.75, 3.05) is 6.54 Å². The first-order valence-corrected chi connectivity index (χ1v) is 6.24. The molecule has 2 N–H and O–H groups in total. The highest BCUT2D eigenvalue weighted by Crippen LogP contribution is 2.05. The number of rotatable bonds is 9. The molecule has 16 heavy (non-hydrogen) atoms. The summed E-state index contributed by atoms with van der Waals surface area (Å²) < 4.78 is 0. The molecule has 0 rings (SSSR count). The van der Waals surface area contributed by atoms with E-state index in [4.69, 9.17) is 5.11 Å². The predicted molar refractivity (Wildman–Crippen MR) is 67.4 cm³/mol. The zero-order chi connectivity index (χ0) is 12.4. The third-order valence-corrected chi connectivity index (χ3v) is 2.80. The molecular formula is C13H25NO2. The summed E-state index contributed by atoms with van der Waals surface area (Å²) >= 11 is 0. The van der Waals surface area contributed by atoms with Crippen molar-refractivity contribution in [2.45, 2.75) is 59.3 Å². The van der Waals surface area contributed by atoms with E-state index in [9.17, 15) is 4.79 Å². The van der Waals surface area contributed by atoms with Crippen LogP contribution < -0.4 is 5.32 Å². The fourth-order valence-corrected chi connectivity index (χ4v) is 1.47. The average Bonchev–Trinajstić information content (AvgIpc) is 2.26. The summed E-state index contributed by atoms with van der Waals surface area (Å²) in [5, 5.41) is 11.9. The molecule has 0 atom stereocenters. The molecule has 0 aromatic rings. The van der Waals surface area contributed by atoms with Gasteiger partial charge in [-0.15, -0.1) is 0 Å². The molecule has 0 aliphatic rings. The van der Waals surface area contributed by atoms with Crippen molar-refractivity contribution in [3.05, 3.63) is 11.3 Å². The van der Waals surface area contributed by atoms with E-state index in [1.165, 1.54) is 32.1 Å². The van der Waals surface area contributed by atoms with Crippen molar-refractivity contribution >= 4 is 5.97 Å². The molecule has 0 amide bonds. The van der Waals surface area contributed by atoms with Gasteiger partial charge in [0.05, 0.1) is 5.57 Å². The predicted octanol–water partition coefficient (Wildman–Crippen LogP) is 3.32. The second kappa shape index (κ2) is 9.25. The van der Waals surface area contributed by atoms with E-state index in [0.29, 0.717) is 5.57 Å². The standard InChI is InChI=1S/C13H25NO2/c1-4-5-6-7-8-9-10-14-12(3)11(2)13(15)16/h14H,4-10H2,1-3H3,(H,15,16)/b12-11-. The van der Waals surface area contributed by atoms with Crippen molar-refractivity contribution in [2.24, 2.45) is 0 Å². The molecule has 3 heteroatoms. The lowest BCUT2D eigenvalue weighted by Gasteiger charge is -2.08. The van der Waals surface area contributed by atoms with Crippen LogP contribution in [-0.2, 0) is 4.79 Å². The van der Waals surface area contributed by atoms with Gasteiger partial charge in [-0.25, -0.2) is 4.79 Å². The van der Waals surface area contributed by atoms with Crippen molar-refractivity contribution in [1.29, 1.82) is 0 Å². The van der Waals surface area contributed by atoms with Crippen LogP contribution in [0.4, 0.5) is 0 Å². The first-order valence-electron chi connectivity index (χ1n) is 6.24. The smallest absolute Gasteiger partial charge is 0.333 e. The Balaban J connectivity index is 3.52. The Morgan fingerprint density at radius 1 is 1.06 bits per heavy atom. The highest BCUT2D eigenvalue weighted by Gasteiger charge is 2.03. The SMILES string of the molecule is CCCCCCCCN/C(C)=C(/C)C(=O)O. The number of hydrogen-bond donors (Lipinski definition) is 2. The first kappa shape index (κ1) is 15.0. The van der Waals surface area contributed by atoms with Gasteiger partial charge in [0.25, 0.3) is 0 Å². The third-order valence-electron chi connectivity index (χ3n) is 2.80. The molecule has 3 nitrogen and oxygen atoms in total. The Bertz CT molecular complexity index is 234. The lowest BCUT2D eigenvalue weighted by Crippen LogP contribution is -2.16. The first-order chi connectivity index (χ1) is 7.59. The van der Waals surface area contributed by atoms with Gasteiger partial charge in [0, 0.05) is 12.2 Å². The van der Waals surface area contributed by atoms with Crippen molar-refractivity contribution in [1.82, 2.24) is 5.32 Å². The van der Waals surface area contributed by atoms with Crippen LogP contribution in [0.25, 0.3) is 0 Å². The van der Waals surface area contributed by atoms with Gasteiger partial charge in [0.15, 0.2) is 0 Å². The van der Waals surface area contributed by atoms with Gasteiger partial charge < -0.3 is 10.4 Å². The van der Waals surface area contributed by atoms with E-state index >= 15 is 0 Å². The van der Waals surface area contributed by atoms with E-state index in [-0.39, 0.29) is 0 Å². The largest absolute Gasteiger partial charge is 0.478 e. The van der Waals surface area contributed by atoms with Crippen LogP contribution in [0.1, 0.15) is 59.3 Å². The highest BCUT2D eigenvalue weighted by atomic mass is 16.4. The Kier molecular flexibility index (Phi) is 8.68. The van der Waals surface area contributed by atoms with Crippen LogP contribution >= 0.6 is 0 Å². The van der Waals surface area contributed by atoms with Gasteiger partial charge in [-0.05, 0) is 20.3 Å². The zero-order valence-corrected chi connectivity index (χ0v) is 10.8. The molecule has 0 spiro atoms. The summed E-state index contributed by atoms with van der Waals surface area (Å²) in [6.07, 6.45) is 7.55. The van der Waals surface area contributed by atoms with E-state index < -0.39 is 5.97 Å². The second-order valence-electron chi connectivity index (χ2n) is 4.25. The second-order valence-corrected chi connectivity index (χ2v) is 4.25. The molecule has 0 saturated carbocycles. The molecule has 0 saturated heterocycles. The molecule has 94 valence electrons. The minimum atomic E-state index is -0.840. The maximum atomic E-state index is 10.6. The lowest BCUT2D eigenvalue weighted by atomic mass is 10.1. The number of unbranched alkanes of at least 4 members (excludes halogenated alkanes) is 5. The maximum absolute atomic E-state index is 10.6. The number of hydrogen-bond acceptors (Lipinski definition) is 2. The monoisotopic (exact) mass is 227 g/mol. The van der Waals surface area contributed by atoms with Gasteiger partial charge >= 0.3 is 5.97 Å². The number of carboxylic acid groups (broad SMARTS) is 1. The summed E-state index contributed by atoms with van der Waals surface area (Å²) in [6, 6.07) is 0. The van der Waals surface area contributed by atoms with Gasteiger partial charge in [-0.3, -0.25) is 0 Å². The molecule has 0 fully saturated rings. The van der Waals surface area contributed by atoms with E-state index in [0.717, 1.165) is 18.7 Å². The summed E-state index contributed by atoms with van der Waals surface area (Å²) in [4.78, 5) is 10.6. The highest BCUT2D eigenvalue weighted by molar-refractivity contribution is 5.86. The molecule has 0 heterocycles. The van der Waals surface area contributed by atoms with Gasteiger partial charge in [0.1, 0.15) is 0 Å². The third kappa shape index (κ3) is 7.32. The zero-order valence-electron chi connectivity index (χ0n) is 10.8. The van der Waals surface area contributed by atoms with Gasteiger partial charge in [-0.2, -0.15) is 0 Å². The van der Waals surface area contributed by atoms with Gasteiger partial charge in [-0.1, -0.05) is 39.0 Å². The van der Waals surface area contributed by atoms with E-state index in [1.54, 1.807) is 6.92 Å². The molecule has 0 radical (unpaired) electrons. The number of carbonyl (C=O) groups is 1. The number of carboxylic acids is 1. The Morgan fingerprint density at radius 3 is 2.19 bits per heavy atom. The molecule has 0 bridgehead atoms. The van der Waals surface area contributed by atoms with E-state index in [1.807, 2.05) is 6.92 Å². The van der Waals surface area contributed by atoms with Crippen molar-refractivity contribution in [3.63, 3.8) is 0 Å². The Morgan fingerprint density at radius 2 is 1.62 bits per heavy atom. The molecular weight excluding hydrogens is 202 g/mol. The fourth-order valence-electron chi connectivity index (χ4n) is 1.47. The van der Waals surface area contributed by atoms with Crippen LogP contribution in [-0.4, -0.2) is 17.6 Å². The minimum absolute atomic E-state index is 0.408. The summed E-state index contributed by atoms with van der Waals surface area (Å²) in [7, 11) is 0. The topological polar surface area (TPSA) is 49.3 Å². The summed E-state index contributed by atoms with van der Waals surface area (Å²) in [6.45, 7) is 6.54. The Labute approximate surface area is 98.9 Å². The maximum Gasteiger partial charge on any atom is 0.333 e. The molecule has 0 aliphatic heterocycles. The van der Waals surface area contributed by atoms with Crippen LogP contribution in [0.15, 0.2) is 11.3 Å². The normalized spacial score (nSPS) is 12.2. The minimum Gasteiger partial charge on any atom is -0.478 e. The van der Waals surface area contributed by atoms with Gasteiger partial charge in [0.2, 0.25) is 0 Å². The summed E-state index contributed by atoms with van der Waals surface area (Å²) in [5.41, 5.74) is 1.19. The number of nitrogens with one attached hydrogen (secondary N) is 1. The van der Waals surface area contributed by atoms with Crippen LogP contribution in [0.2, 0.25) is 0 Å². The molecule has 0 aromatic carbocycles. The Hall–Kier alpha value is -0.990. The average molecular weight is 227 g/mol. The quantitative estimate of drug-likeness (QED) is 0.469. The van der Waals surface area contributed by atoms with Crippen molar-refractivity contribution < 1.29 is 9.90 Å². The van der Waals surface area contributed by atoms with Crippen molar-refractivity contribution in [3.8, 4) is 0 Å². The number of allylic oxidation sites excluding steroid dienone is 1. The molecule has 0 unspecified atom stereocenters. The summed E-state index contributed by atoms with van der Waals surface area (Å²) in [5.74, 6) is -0.840. The molecule has 0 aromatic heterocycles. The van der Waals surface area contributed by atoms with Crippen LogP contribution in [0.5, 0.6) is 0 Å². The number of aliphatic carboxylic acids is 1. The molecule has 0 aliphatic carbocycles. The van der Waals surface area contributed by atoms with E-state index in [2.05, 4.69) is 12.2 Å². The van der Waals surface area contributed by atoms with Crippen LogP contribution in [0, 0.1) is 0 Å². The fraction of sp³-hybridized carbons (Fsp3) is 0.769. The van der Waals surface area contributed by atoms with Crippen LogP contribution in [0.3, 0.4) is 0 Å². The lowest BCUT2D eigenvalue weighted by molar-refractivity contribution is -0.132.